The van der Waals surface area contributed by atoms with Gasteiger partial charge in [0.15, 0.2) is 9.84 Å². The highest BCUT2D eigenvalue weighted by atomic mass is 35.5. The van der Waals surface area contributed by atoms with Gasteiger partial charge in [-0.3, -0.25) is 4.79 Å². The Morgan fingerprint density at radius 2 is 2.18 bits per heavy atom. The minimum Gasteiger partial charge on any atom is -0.325 e. The molecule has 0 aromatic heterocycles. The van der Waals surface area contributed by atoms with E-state index in [9.17, 15) is 13.2 Å². The van der Waals surface area contributed by atoms with E-state index in [1.54, 1.807) is 18.2 Å². The number of amides is 1. The first-order valence-corrected chi connectivity index (χ1v) is 6.82. The fourth-order valence-electron chi connectivity index (χ4n) is 1.14. The first kappa shape index (κ1) is 13.6. The molecule has 1 aromatic rings. The molecule has 90 valence electrons. The van der Waals surface area contributed by atoms with Gasteiger partial charge in [-0.1, -0.05) is 23.6 Å². The number of carbonyl (C=O) groups is 1. The molecule has 0 fully saturated rings. The first-order chi connectivity index (χ1) is 7.93. The summed E-state index contributed by atoms with van der Waals surface area (Å²) in [5, 5.41) is 2.88. The summed E-state index contributed by atoms with van der Waals surface area (Å²) in [6.07, 6.45) is 4.88. The number of sulfone groups is 1. The highest BCUT2D eigenvalue weighted by Gasteiger charge is 2.15. The standard InChI is InChI=1S/C11H10ClNO3S/c1-2-6-17(15,16)8-11(14)13-10-5-3-4-9(12)7-10/h1,3-5,7H,6,8H2,(H,13,14). The molecule has 0 spiro atoms. The van der Waals surface area contributed by atoms with Crippen molar-refractivity contribution in [1.82, 2.24) is 0 Å². The number of rotatable bonds is 4. The van der Waals surface area contributed by atoms with Crippen molar-refractivity contribution in [2.45, 2.75) is 0 Å². The number of nitrogens with one attached hydrogen (secondary N) is 1. The van der Waals surface area contributed by atoms with E-state index in [1.165, 1.54) is 6.07 Å². The third-order valence-electron chi connectivity index (χ3n) is 1.76. The lowest BCUT2D eigenvalue weighted by Gasteiger charge is -2.05. The Morgan fingerprint density at radius 1 is 1.47 bits per heavy atom. The average Bonchev–Trinajstić information content (AvgIpc) is 2.15. The van der Waals surface area contributed by atoms with E-state index in [0.29, 0.717) is 10.7 Å². The largest absolute Gasteiger partial charge is 0.325 e. The quantitative estimate of drug-likeness (QED) is 0.841. The summed E-state index contributed by atoms with van der Waals surface area (Å²) in [6, 6.07) is 6.42. The number of anilines is 1. The van der Waals surface area contributed by atoms with Crippen LogP contribution in [0.5, 0.6) is 0 Å². The van der Waals surface area contributed by atoms with Gasteiger partial charge in [0, 0.05) is 10.7 Å². The van der Waals surface area contributed by atoms with Crippen LogP contribution in [0.4, 0.5) is 5.69 Å². The first-order valence-electron chi connectivity index (χ1n) is 4.62. The maximum atomic E-state index is 11.4. The van der Waals surface area contributed by atoms with E-state index >= 15 is 0 Å². The van der Waals surface area contributed by atoms with Crippen molar-refractivity contribution in [1.29, 1.82) is 0 Å². The number of hydrogen-bond donors (Lipinski definition) is 1. The van der Waals surface area contributed by atoms with Gasteiger partial charge in [0.25, 0.3) is 0 Å². The molecular weight excluding hydrogens is 262 g/mol. The predicted octanol–water partition coefficient (Wildman–Crippen LogP) is 1.33. The molecule has 1 rings (SSSR count). The summed E-state index contributed by atoms with van der Waals surface area (Å²) < 4.78 is 22.5. The molecule has 1 aromatic carbocycles. The summed E-state index contributed by atoms with van der Waals surface area (Å²) in [5.41, 5.74) is 0.443. The van der Waals surface area contributed by atoms with Crippen LogP contribution in [0, 0.1) is 12.3 Å². The summed E-state index contributed by atoms with van der Waals surface area (Å²) in [5.74, 6) is 0.277. The van der Waals surface area contributed by atoms with E-state index in [-0.39, 0.29) is 0 Å². The second-order valence-electron chi connectivity index (χ2n) is 3.29. The fraction of sp³-hybridized carbons (Fsp3) is 0.182. The van der Waals surface area contributed by atoms with Crippen LogP contribution in [-0.2, 0) is 14.6 Å². The van der Waals surface area contributed by atoms with Crippen molar-refractivity contribution < 1.29 is 13.2 Å². The van der Waals surface area contributed by atoms with Crippen molar-refractivity contribution in [3.05, 3.63) is 29.3 Å². The van der Waals surface area contributed by atoms with Gasteiger partial charge in [0.2, 0.25) is 5.91 Å². The van der Waals surface area contributed by atoms with Crippen LogP contribution in [0.25, 0.3) is 0 Å². The molecular formula is C11H10ClNO3S. The van der Waals surface area contributed by atoms with Crippen LogP contribution in [-0.4, -0.2) is 25.8 Å². The van der Waals surface area contributed by atoms with Crippen molar-refractivity contribution in [2.24, 2.45) is 0 Å². The highest BCUT2D eigenvalue weighted by molar-refractivity contribution is 7.92. The molecule has 0 bridgehead atoms. The summed E-state index contributed by atoms with van der Waals surface area (Å²) in [4.78, 5) is 11.4. The molecule has 1 amide bonds. The highest BCUT2D eigenvalue weighted by Crippen LogP contribution is 2.14. The Balaban J connectivity index is 2.66. The van der Waals surface area contributed by atoms with Crippen LogP contribution in [0.1, 0.15) is 0 Å². The molecule has 0 saturated carbocycles. The predicted molar refractivity (Wildman–Crippen MR) is 67.6 cm³/mol. The smallest absolute Gasteiger partial charge is 0.239 e. The molecule has 4 nitrogen and oxygen atoms in total. The lowest BCUT2D eigenvalue weighted by atomic mass is 10.3. The molecule has 0 aliphatic heterocycles. The lowest BCUT2D eigenvalue weighted by molar-refractivity contribution is -0.113. The van der Waals surface area contributed by atoms with Crippen LogP contribution < -0.4 is 5.32 Å². The maximum absolute atomic E-state index is 11.4. The molecule has 0 radical (unpaired) electrons. The summed E-state index contributed by atoms with van der Waals surface area (Å²) in [6.45, 7) is 0. The van der Waals surface area contributed by atoms with E-state index in [4.69, 9.17) is 18.0 Å². The molecule has 0 aliphatic rings. The van der Waals surface area contributed by atoms with Gasteiger partial charge in [-0.2, -0.15) is 0 Å². The fourth-order valence-corrected chi connectivity index (χ4v) is 2.16. The Morgan fingerprint density at radius 3 is 2.76 bits per heavy atom. The average molecular weight is 272 g/mol. The van der Waals surface area contributed by atoms with Gasteiger partial charge < -0.3 is 5.32 Å². The number of hydrogen-bond acceptors (Lipinski definition) is 3. The van der Waals surface area contributed by atoms with Crippen molar-refractivity contribution in [3.63, 3.8) is 0 Å². The second kappa shape index (κ2) is 5.71. The number of benzene rings is 1. The van der Waals surface area contributed by atoms with Crippen molar-refractivity contribution in [3.8, 4) is 12.3 Å². The second-order valence-corrected chi connectivity index (χ2v) is 5.80. The Hall–Kier alpha value is -1.51. The topological polar surface area (TPSA) is 63.2 Å². The van der Waals surface area contributed by atoms with Gasteiger partial charge >= 0.3 is 0 Å². The van der Waals surface area contributed by atoms with Gasteiger partial charge in [-0.25, -0.2) is 8.42 Å². The van der Waals surface area contributed by atoms with Crippen molar-refractivity contribution in [2.75, 3.05) is 16.8 Å². The zero-order valence-electron chi connectivity index (χ0n) is 8.81. The van der Waals surface area contributed by atoms with Gasteiger partial charge in [-0.05, 0) is 18.2 Å². The minimum absolute atomic E-state index is 0.443. The van der Waals surface area contributed by atoms with E-state index in [0.717, 1.165) is 0 Å². The number of terminal acetylenes is 1. The summed E-state index contributed by atoms with van der Waals surface area (Å²) in [7, 11) is -3.54. The lowest BCUT2D eigenvalue weighted by Crippen LogP contribution is -2.24. The molecule has 1 N–H and O–H groups in total. The van der Waals surface area contributed by atoms with Crippen molar-refractivity contribution >= 4 is 33.0 Å². The third-order valence-corrected chi connectivity index (χ3v) is 3.31. The number of carbonyl (C=O) groups excluding carboxylic acids is 1. The van der Waals surface area contributed by atoms with E-state index in [1.807, 2.05) is 5.92 Å². The molecule has 0 saturated heterocycles. The molecule has 0 heterocycles. The Kier molecular flexibility index (Phi) is 4.55. The van der Waals surface area contributed by atoms with Crippen LogP contribution in [0.3, 0.4) is 0 Å². The zero-order valence-corrected chi connectivity index (χ0v) is 10.4. The molecule has 6 heteroatoms. The third kappa shape index (κ3) is 4.89. The van der Waals surface area contributed by atoms with Gasteiger partial charge in [0.1, 0.15) is 11.5 Å². The molecule has 0 aliphatic carbocycles. The normalized spacial score (nSPS) is 10.6. The van der Waals surface area contributed by atoms with E-state index < -0.39 is 27.3 Å². The van der Waals surface area contributed by atoms with Crippen LogP contribution in [0.2, 0.25) is 5.02 Å². The minimum atomic E-state index is -3.54. The number of halogens is 1. The van der Waals surface area contributed by atoms with Crippen LogP contribution in [0.15, 0.2) is 24.3 Å². The zero-order chi connectivity index (χ0) is 12.9. The molecule has 0 unspecified atom stereocenters. The Bertz CT molecular complexity index is 560. The van der Waals surface area contributed by atoms with E-state index in [2.05, 4.69) is 5.32 Å². The van der Waals surface area contributed by atoms with Gasteiger partial charge in [0.05, 0.1) is 0 Å². The monoisotopic (exact) mass is 271 g/mol. The van der Waals surface area contributed by atoms with Gasteiger partial charge in [-0.15, -0.1) is 6.42 Å². The maximum Gasteiger partial charge on any atom is 0.239 e. The van der Waals surface area contributed by atoms with Crippen LogP contribution >= 0.6 is 11.6 Å². The summed E-state index contributed by atoms with van der Waals surface area (Å²) >= 11 is 5.72. The Labute approximate surface area is 105 Å². The molecule has 0 atom stereocenters. The SMILES string of the molecule is C#CCS(=O)(=O)CC(=O)Nc1cccc(Cl)c1. The molecule has 17 heavy (non-hydrogen) atoms.